The molecule has 20 heavy (non-hydrogen) atoms. The normalized spacial score (nSPS) is 10.9. The van der Waals surface area contributed by atoms with Crippen LogP contribution in [0, 0.1) is 11.3 Å². The van der Waals surface area contributed by atoms with Crippen molar-refractivity contribution in [3.05, 3.63) is 42.5 Å². The zero-order valence-corrected chi connectivity index (χ0v) is 11.4. The Bertz CT molecular complexity index is 791. The van der Waals surface area contributed by atoms with Gasteiger partial charge in [-0.25, -0.2) is 8.42 Å². The second-order valence-corrected chi connectivity index (χ2v) is 6.19. The van der Waals surface area contributed by atoms with Gasteiger partial charge in [-0.05, 0) is 22.9 Å². The molecule has 2 rings (SSSR count). The molecule has 0 aliphatic heterocycles. The van der Waals surface area contributed by atoms with Gasteiger partial charge in [-0.1, -0.05) is 30.3 Å². The Morgan fingerprint density at radius 1 is 1.15 bits per heavy atom. The van der Waals surface area contributed by atoms with E-state index < -0.39 is 21.5 Å². The maximum Gasteiger partial charge on any atom is 0.236 e. The summed E-state index contributed by atoms with van der Waals surface area (Å²) in [5.74, 6) is -1.34. The molecule has 2 aromatic carbocycles. The predicted molar refractivity (Wildman–Crippen MR) is 74.6 cm³/mol. The molecule has 0 aliphatic rings. The number of carbonyl (C=O) groups excluding carboxylic acids is 1. The molecule has 5 nitrogen and oxygen atoms in total. The Hall–Kier alpha value is -2.39. The Labute approximate surface area is 116 Å². The molecule has 0 saturated carbocycles. The van der Waals surface area contributed by atoms with Gasteiger partial charge < -0.3 is 5.32 Å². The summed E-state index contributed by atoms with van der Waals surface area (Å²) in [4.78, 5) is 11.5. The first-order valence-electron chi connectivity index (χ1n) is 5.88. The van der Waals surface area contributed by atoms with Crippen LogP contribution in [0.5, 0.6) is 0 Å². The molecule has 1 amide bonds. The molecular weight excluding hydrogens is 276 g/mol. The summed E-state index contributed by atoms with van der Waals surface area (Å²) in [6.07, 6.45) is 0. The predicted octanol–water partition coefficient (Wildman–Crippen LogP) is 1.25. The van der Waals surface area contributed by atoms with E-state index in [0.717, 1.165) is 10.8 Å². The number of benzene rings is 2. The van der Waals surface area contributed by atoms with Crippen molar-refractivity contribution < 1.29 is 13.2 Å². The van der Waals surface area contributed by atoms with Crippen LogP contribution in [-0.4, -0.2) is 26.6 Å². The van der Waals surface area contributed by atoms with E-state index in [4.69, 9.17) is 5.26 Å². The van der Waals surface area contributed by atoms with Crippen LogP contribution in [-0.2, 0) is 14.6 Å². The van der Waals surface area contributed by atoms with Crippen molar-refractivity contribution in [1.29, 1.82) is 5.26 Å². The molecule has 0 spiro atoms. The molecule has 0 unspecified atom stereocenters. The van der Waals surface area contributed by atoms with Crippen molar-refractivity contribution >= 4 is 26.5 Å². The number of fused-ring (bicyclic) bond motifs is 1. The summed E-state index contributed by atoms with van der Waals surface area (Å²) in [6.45, 7) is -0.202. The van der Waals surface area contributed by atoms with E-state index in [-0.39, 0.29) is 11.4 Å². The van der Waals surface area contributed by atoms with Gasteiger partial charge in [0.15, 0.2) is 9.84 Å². The second-order valence-electron chi connectivity index (χ2n) is 4.20. The molecule has 0 saturated heterocycles. The Kier molecular flexibility index (Phi) is 4.01. The number of rotatable bonds is 4. The number of nitriles is 1. The number of amides is 1. The second kappa shape index (κ2) is 5.72. The first kappa shape index (κ1) is 14.0. The number of carbonyl (C=O) groups is 1. The van der Waals surface area contributed by atoms with E-state index in [1.807, 2.05) is 24.3 Å². The largest absolute Gasteiger partial charge is 0.342 e. The third-order valence-corrected chi connectivity index (χ3v) is 4.38. The lowest BCUT2D eigenvalue weighted by molar-refractivity contribution is -0.118. The third kappa shape index (κ3) is 3.13. The van der Waals surface area contributed by atoms with Crippen LogP contribution in [0.4, 0.5) is 0 Å². The van der Waals surface area contributed by atoms with E-state index in [0.29, 0.717) is 0 Å². The van der Waals surface area contributed by atoms with Crippen molar-refractivity contribution in [2.45, 2.75) is 4.90 Å². The number of nitrogens with zero attached hydrogens (tertiary/aromatic N) is 1. The zero-order valence-electron chi connectivity index (χ0n) is 10.5. The van der Waals surface area contributed by atoms with E-state index in [9.17, 15) is 13.2 Å². The van der Waals surface area contributed by atoms with Gasteiger partial charge in [-0.3, -0.25) is 4.79 Å². The van der Waals surface area contributed by atoms with Gasteiger partial charge in [0.05, 0.1) is 11.0 Å². The van der Waals surface area contributed by atoms with Gasteiger partial charge in [0.25, 0.3) is 0 Å². The van der Waals surface area contributed by atoms with Gasteiger partial charge in [0, 0.05) is 0 Å². The van der Waals surface area contributed by atoms with Crippen LogP contribution in [0.2, 0.25) is 0 Å². The summed E-state index contributed by atoms with van der Waals surface area (Å²) in [5.41, 5.74) is 0. The van der Waals surface area contributed by atoms with E-state index in [1.54, 1.807) is 18.2 Å². The van der Waals surface area contributed by atoms with Crippen molar-refractivity contribution in [3.8, 4) is 6.07 Å². The van der Waals surface area contributed by atoms with E-state index in [1.165, 1.54) is 6.07 Å². The highest BCUT2D eigenvalue weighted by molar-refractivity contribution is 7.92. The molecule has 0 atom stereocenters. The molecule has 0 radical (unpaired) electrons. The zero-order chi connectivity index (χ0) is 14.6. The molecule has 6 heteroatoms. The fourth-order valence-corrected chi connectivity index (χ4v) is 3.00. The lowest BCUT2D eigenvalue weighted by Crippen LogP contribution is -2.30. The van der Waals surface area contributed by atoms with Gasteiger partial charge in [-0.15, -0.1) is 0 Å². The third-order valence-electron chi connectivity index (χ3n) is 2.77. The van der Waals surface area contributed by atoms with Crippen LogP contribution < -0.4 is 5.32 Å². The van der Waals surface area contributed by atoms with Crippen molar-refractivity contribution in [2.75, 3.05) is 12.3 Å². The average Bonchev–Trinajstić information content (AvgIpc) is 2.44. The lowest BCUT2D eigenvalue weighted by Gasteiger charge is -2.05. The monoisotopic (exact) mass is 288 g/mol. The highest BCUT2D eigenvalue weighted by Crippen LogP contribution is 2.19. The first-order valence-corrected chi connectivity index (χ1v) is 7.53. The SMILES string of the molecule is N#CCNC(=O)CS(=O)(=O)c1ccc2ccccc2c1. The summed E-state index contributed by atoms with van der Waals surface area (Å²) < 4.78 is 24.2. The van der Waals surface area contributed by atoms with Gasteiger partial charge >= 0.3 is 0 Å². The molecule has 0 bridgehead atoms. The minimum Gasteiger partial charge on any atom is -0.342 e. The number of hydrogen-bond acceptors (Lipinski definition) is 4. The summed E-state index contributed by atoms with van der Waals surface area (Å²) in [6, 6.07) is 13.8. The standard InChI is InChI=1S/C14H12N2O3S/c15-7-8-16-14(17)10-20(18,19)13-6-5-11-3-1-2-4-12(11)9-13/h1-6,9H,8,10H2,(H,16,17). The van der Waals surface area contributed by atoms with Gasteiger partial charge in [0.2, 0.25) is 5.91 Å². The number of nitrogens with one attached hydrogen (secondary N) is 1. The van der Waals surface area contributed by atoms with Crippen LogP contribution in [0.3, 0.4) is 0 Å². The van der Waals surface area contributed by atoms with Gasteiger partial charge in [-0.2, -0.15) is 5.26 Å². The molecule has 0 aliphatic carbocycles. The summed E-state index contributed by atoms with van der Waals surface area (Å²) in [7, 11) is -3.70. The highest BCUT2D eigenvalue weighted by atomic mass is 32.2. The maximum atomic E-state index is 12.1. The Morgan fingerprint density at radius 2 is 1.85 bits per heavy atom. The highest BCUT2D eigenvalue weighted by Gasteiger charge is 2.19. The Balaban J connectivity index is 2.28. The minimum absolute atomic E-state index is 0.100. The van der Waals surface area contributed by atoms with Crippen LogP contribution in [0.1, 0.15) is 0 Å². The fraction of sp³-hybridized carbons (Fsp3) is 0.143. The van der Waals surface area contributed by atoms with Crippen molar-refractivity contribution in [2.24, 2.45) is 0 Å². The molecular formula is C14H12N2O3S. The minimum atomic E-state index is -3.70. The Morgan fingerprint density at radius 3 is 2.55 bits per heavy atom. The van der Waals surface area contributed by atoms with Gasteiger partial charge in [0.1, 0.15) is 12.3 Å². The molecule has 1 N–H and O–H groups in total. The average molecular weight is 288 g/mol. The number of sulfone groups is 1. The molecule has 2 aromatic rings. The van der Waals surface area contributed by atoms with Crippen LogP contribution >= 0.6 is 0 Å². The molecule has 0 fully saturated rings. The maximum absolute atomic E-state index is 12.1. The quantitative estimate of drug-likeness (QED) is 0.858. The van der Waals surface area contributed by atoms with E-state index >= 15 is 0 Å². The fourth-order valence-electron chi connectivity index (χ4n) is 1.81. The smallest absolute Gasteiger partial charge is 0.236 e. The van der Waals surface area contributed by atoms with Crippen molar-refractivity contribution in [3.63, 3.8) is 0 Å². The molecule has 0 aromatic heterocycles. The van der Waals surface area contributed by atoms with E-state index in [2.05, 4.69) is 5.32 Å². The summed E-state index contributed by atoms with van der Waals surface area (Å²) >= 11 is 0. The lowest BCUT2D eigenvalue weighted by atomic mass is 10.1. The number of hydrogen-bond donors (Lipinski definition) is 1. The summed E-state index contributed by atoms with van der Waals surface area (Å²) in [5, 5.41) is 12.3. The molecule has 0 heterocycles. The van der Waals surface area contributed by atoms with Crippen LogP contribution in [0.25, 0.3) is 10.8 Å². The van der Waals surface area contributed by atoms with Crippen molar-refractivity contribution in [1.82, 2.24) is 5.32 Å². The molecule has 102 valence electrons. The first-order chi connectivity index (χ1) is 9.53. The topological polar surface area (TPSA) is 87.0 Å². The van der Waals surface area contributed by atoms with Crippen LogP contribution in [0.15, 0.2) is 47.4 Å².